The van der Waals surface area contributed by atoms with Gasteiger partial charge in [0.1, 0.15) is 18.7 Å². The Morgan fingerprint density at radius 2 is 1.55 bits per heavy atom. The van der Waals surface area contributed by atoms with E-state index in [0.717, 1.165) is 17.2 Å². The number of aryl methyl sites for hydroxylation is 1. The van der Waals surface area contributed by atoms with Crippen molar-refractivity contribution in [3.05, 3.63) is 17.0 Å². The summed E-state index contributed by atoms with van der Waals surface area (Å²) in [5.41, 5.74) is 3.42. The molecule has 0 bridgehead atoms. The second kappa shape index (κ2) is 20.2. The third-order valence-corrected chi connectivity index (χ3v) is 9.55. The van der Waals surface area contributed by atoms with Gasteiger partial charge in [-0.15, -0.1) is 0 Å². The number of amides is 4. The highest BCUT2D eigenvalue weighted by Crippen LogP contribution is 2.31. The Bertz CT molecular complexity index is 1180. The number of aromatic nitrogens is 2. The van der Waals surface area contributed by atoms with Crippen molar-refractivity contribution in [2.24, 2.45) is 17.8 Å². The van der Waals surface area contributed by atoms with E-state index in [0.29, 0.717) is 31.6 Å². The number of carbonyl (C=O) groups excluding carboxylic acids is 4. The van der Waals surface area contributed by atoms with Crippen LogP contribution in [0.3, 0.4) is 0 Å². The quantitative estimate of drug-likeness (QED) is 0.136. The Hall–Kier alpha value is -2.45. The largest absolute Gasteiger partial charge is 0.448 e. The highest BCUT2D eigenvalue weighted by molar-refractivity contribution is 7.98. The minimum atomic E-state index is -1.03. The van der Waals surface area contributed by atoms with Gasteiger partial charge in [0, 0.05) is 29.0 Å². The number of fused-ring (bicyclic) bond motifs is 1. The van der Waals surface area contributed by atoms with E-state index in [1.807, 2.05) is 71.2 Å². The third-order valence-electron chi connectivity index (χ3n) is 7.94. The molecule has 0 unspecified atom stereocenters. The van der Waals surface area contributed by atoms with E-state index >= 15 is 0 Å². The Morgan fingerprint density at radius 3 is 2.17 bits per heavy atom. The molecule has 1 aromatic heterocycles. The van der Waals surface area contributed by atoms with Gasteiger partial charge in [-0.25, -0.2) is 4.79 Å². The molecule has 47 heavy (non-hydrogen) atoms. The zero-order chi connectivity index (χ0) is 35.3. The fourth-order valence-corrected chi connectivity index (χ4v) is 7.17. The summed E-state index contributed by atoms with van der Waals surface area (Å²) < 4.78 is 7.33. The highest BCUT2D eigenvalue weighted by atomic mass is 32.2. The number of rotatable bonds is 20. The molecule has 0 aromatic carbocycles. The van der Waals surface area contributed by atoms with Crippen molar-refractivity contribution in [1.82, 2.24) is 31.0 Å². The number of nitrogens with one attached hydrogen (secondary N) is 4. The van der Waals surface area contributed by atoms with Crippen LogP contribution < -0.4 is 21.3 Å². The fraction of sp³-hybridized carbons (Fsp3) is 0.788. The number of hydrogen-bond donors (Lipinski definition) is 5. The summed E-state index contributed by atoms with van der Waals surface area (Å²) >= 11 is 3.39. The summed E-state index contributed by atoms with van der Waals surface area (Å²) in [6, 6.07) is -2.24. The van der Waals surface area contributed by atoms with Crippen LogP contribution in [0.2, 0.25) is 0 Å². The molecule has 4 amide bonds. The molecular formula is C33H58N6O6S2. The lowest BCUT2D eigenvalue weighted by Crippen LogP contribution is -2.54. The van der Waals surface area contributed by atoms with Crippen molar-refractivity contribution in [1.29, 1.82) is 0 Å². The average molecular weight is 699 g/mol. The minimum Gasteiger partial charge on any atom is -0.448 e. The van der Waals surface area contributed by atoms with Gasteiger partial charge in [-0.05, 0) is 70.3 Å². The molecule has 0 spiro atoms. The van der Waals surface area contributed by atoms with Crippen molar-refractivity contribution in [2.75, 3.05) is 18.6 Å². The van der Waals surface area contributed by atoms with E-state index in [4.69, 9.17) is 4.74 Å². The Morgan fingerprint density at radius 1 is 0.894 bits per heavy atom. The first-order valence-electron chi connectivity index (χ1n) is 16.8. The van der Waals surface area contributed by atoms with Gasteiger partial charge in [0.15, 0.2) is 0 Å². The number of aliphatic hydroxyl groups is 1. The molecule has 0 radical (unpaired) electrons. The normalized spacial score (nSPS) is 15.9. The maximum Gasteiger partial charge on any atom is 0.407 e. The van der Waals surface area contributed by atoms with Gasteiger partial charge < -0.3 is 31.1 Å². The monoisotopic (exact) mass is 698 g/mol. The average Bonchev–Trinajstić information content (AvgIpc) is 3.57. The van der Waals surface area contributed by atoms with E-state index in [1.54, 1.807) is 18.7 Å². The molecule has 5 atom stereocenters. The summed E-state index contributed by atoms with van der Waals surface area (Å²) in [6.07, 6.45) is 1.63. The van der Waals surface area contributed by atoms with E-state index in [2.05, 4.69) is 26.4 Å². The molecule has 0 saturated heterocycles. The fourth-order valence-electron chi connectivity index (χ4n) is 5.50. The summed E-state index contributed by atoms with van der Waals surface area (Å²) in [6.45, 7) is 15.9. The standard InChI is InChI=1S/C33H58N6O6S2/c1-19(2)14-26(29(40)16-22(7)30(41)36-27(15-20(3)4)32(43)34-21(5)6)35-31(42)25(10-13-46-9)37-33(44)45-12-11-39-28-18-47-17-24(28)23(8)38-39/h19-22,25-27,29,40H,10-18H2,1-9H3,(H,34,43)(H,35,42)(H,36,41)(H,37,44)/t22-,25+,26+,27+,29+/m1/s1. The van der Waals surface area contributed by atoms with Gasteiger partial charge in [0.25, 0.3) is 0 Å². The van der Waals surface area contributed by atoms with Crippen LogP contribution in [0.15, 0.2) is 0 Å². The zero-order valence-electron chi connectivity index (χ0n) is 29.7. The van der Waals surface area contributed by atoms with Crippen molar-refractivity contribution in [3.63, 3.8) is 0 Å². The maximum absolute atomic E-state index is 13.5. The third kappa shape index (κ3) is 13.9. The molecule has 2 rings (SSSR count). The molecular weight excluding hydrogens is 641 g/mol. The second-order valence-corrected chi connectivity index (χ2v) is 15.6. The number of aliphatic hydroxyl groups excluding tert-OH is 1. The minimum absolute atomic E-state index is 0.0592. The Labute approximate surface area is 289 Å². The lowest BCUT2D eigenvalue weighted by atomic mass is 9.91. The molecule has 0 saturated carbocycles. The van der Waals surface area contributed by atoms with Crippen LogP contribution >= 0.6 is 23.5 Å². The first kappa shape index (κ1) is 40.7. The number of alkyl carbamates (subject to hydrolysis) is 1. The summed E-state index contributed by atoms with van der Waals surface area (Å²) in [4.78, 5) is 52.1. The van der Waals surface area contributed by atoms with Crippen LogP contribution in [-0.2, 0) is 37.2 Å². The molecule has 0 fully saturated rings. The lowest BCUT2D eigenvalue weighted by Gasteiger charge is -2.30. The van der Waals surface area contributed by atoms with Crippen LogP contribution in [-0.4, -0.2) is 87.6 Å². The predicted molar refractivity (Wildman–Crippen MR) is 189 cm³/mol. The maximum atomic E-state index is 13.5. The van der Waals surface area contributed by atoms with Crippen LogP contribution in [0.5, 0.6) is 0 Å². The molecule has 1 aliphatic rings. The number of carbonyl (C=O) groups is 4. The van der Waals surface area contributed by atoms with Crippen LogP contribution in [0.1, 0.15) is 91.1 Å². The molecule has 268 valence electrons. The molecule has 2 heterocycles. The number of nitrogens with zero attached hydrogens (tertiary/aromatic N) is 2. The van der Waals surface area contributed by atoms with Crippen molar-refractivity contribution in [2.45, 2.75) is 129 Å². The molecule has 0 aliphatic carbocycles. The smallest absolute Gasteiger partial charge is 0.407 e. The van der Waals surface area contributed by atoms with Crippen LogP contribution in [0.4, 0.5) is 4.79 Å². The molecule has 12 nitrogen and oxygen atoms in total. The highest BCUT2D eigenvalue weighted by Gasteiger charge is 2.31. The van der Waals surface area contributed by atoms with Crippen LogP contribution in [0, 0.1) is 24.7 Å². The number of ether oxygens (including phenoxy) is 1. The predicted octanol–water partition coefficient (Wildman–Crippen LogP) is 3.76. The Kier molecular flexibility index (Phi) is 17.5. The molecule has 14 heteroatoms. The number of thioether (sulfide) groups is 2. The number of hydrogen-bond acceptors (Lipinski definition) is 9. The molecule has 1 aliphatic heterocycles. The van der Waals surface area contributed by atoms with E-state index in [1.165, 1.54) is 11.3 Å². The first-order valence-corrected chi connectivity index (χ1v) is 19.3. The van der Waals surface area contributed by atoms with Gasteiger partial charge in [-0.2, -0.15) is 28.6 Å². The summed E-state index contributed by atoms with van der Waals surface area (Å²) in [5, 5.41) is 27.2. The van der Waals surface area contributed by atoms with E-state index in [9.17, 15) is 24.3 Å². The first-order chi connectivity index (χ1) is 22.1. The van der Waals surface area contributed by atoms with Gasteiger partial charge in [-0.1, -0.05) is 34.6 Å². The van der Waals surface area contributed by atoms with Crippen LogP contribution in [0.25, 0.3) is 0 Å². The second-order valence-electron chi connectivity index (χ2n) is 13.6. The summed E-state index contributed by atoms with van der Waals surface area (Å²) in [5.74, 6) is 1.20. The topological polar surface area (TPSA) is 164 Å². The SMILES string of the molecule is CSCC[C@H](NC(=O)OCCn1nc(C)c2c1CSC2)C(=O)N[C@@H](CC(C)C)[C@@H](O)C[C@@H](C)C(=O)N[C@@H](CC(C)C)C(=O)NC(C)C. The van der Waals surface area contributed by atoms with Gasteiger partial charge in [-0.3, -0.25) is 19.1 Å². The van der Waals surface area contributed by atoms with Gasteiger partial charge >= 0.3 is 6.09 Å². The van der Waals surface area contributed by atoms with Crippen molar-refractivity contribution >= 4 is 47.3 Å². The zero-order valence-corrected chi connectivity index (χ0v) is 31.3. The van der Waals surface area contributed by atoms with Gasteiger partial charge in [0.05, 0.1) is 30.1 Å². The Balaban J connectivity index is 2.01. The lowest BCUT2D eigenvalue weighted by molar-refractivity contribution is -0.132. The van der Waals surface area contributed by atoms with Crippen molar-refractivity contribution < 1.29 is 29.0 Å². The van der Waals surface area contributed by atoms with Crippen molar-refractivity contribution in [3.8, 4) is 0 Å². The van der Waals surface area contributed by atoms with Gasteiger partial charge in [0.2, 0.25) is 17.7 Å². The molecule has 1 aromatic rings. The summed E-state index contributed by atoms with van der Waals surface area (Å²) in [7, 11) is 0. The van der Waals surface area contributed by atoms with E-state index < -0.39 is 42.1 Å². The molecule has 5 N–H and O–H groups in total. The van der Waals surface area contributed by atoms with E-state index in [-0.39, 0.29) is 42.7 Å².